The molecule has 0 spiro atoms. The Labute approximate surface area is 597 Å². The van der Waals surface area contributed by atoms with E-state index >= 15 is 0 Å². The fourth-order valence-corrected chi connectivity index (χ4v) is 9.42. The zero-order valence-electron chi connectivity index (χ0n) is 56.8. The lowest BCUT2D eigenvalue weighted by Gasteiger charge is -2.28. The van der Waals surface area contributed by atoms with Crippen LogP contribution in [0.2, 0.25) is 0 Å². The minimum atomic E-state index is -2.20. The van der Waals surface area contributed by atoms with Crippen LogP contribution < -0.4 is 97.4 Å². The van der Waals surface area contributed by atoms with Crippen molar-refractivity contribution in [2.75, 3.05) is 39.4 Å². The van der Waals surface area contributed by atoms with E-state index in [-0.39, 0.29) is 68.7 Å². The Kier molecular flexibility index (Phi) is 36.5. The topological polar surface area (TPSA) is 747 Å². The van der Waals surface area contributed by atoms with Gasteiger partial charge in [-0.25, -0.2) is 4.98 Å². The molecule has 1 aromatic heterocycles. The predicted octanol–water partition coefficient (Wildman–Crippen LogP) is -11.4. The number of hydrogen-bond acceptors (Lipinski definition) is 24. The Morgan fingerprint density at radius 1 is 0.467 bits per heavy atom. The van der Waals surface area contributed by atoms with Gasteiger partial charge in [0, 0.05) is 38.5 Å². The van der Waals surface area contributed by atoms with E-state index in [9.17, 15) is 108 Å². The van der Waals surface area contributed by atoms with Crippen LogP contribution in [0.5, 0.6) is 11.5 Å². The van der Waals surface area contributed by atoms with E-state index < -0.39 is 219 Å². The Balaban J connectivity index is 1.85. The average Bonchev–Trinajstić information content (AvgIpc) is 1.13. The van der Waals surface area contributed by atoms with Crippen LogP contribution in [-0.4, -0.2) is 258 Å². The van der Waals surface area contributed by atoms with Gasteiger partial charge in [0.1, 0.15) is 71.9 Å². The molecule has 0 aliphatic rings. The first-order chi connectivity index (χ1) is 49.5. The minimum absolute atomic E-state index is 0.0509. The number of aromatic nitrogens is 2. The number of rotatable bonds is 46. The molecule has 105 heavy (non-hydrogen) atoms. The van der Waals surface area contributed by atoms with E-state index in [1.807, 2.05) is 5.32 Å². The fraction of sp³-hybridized carbons (Fsp3) is 0.475. The van der Waals surface area contributed by atoms with Gasteiger partial charge in [0.15, 0.2) is 11.9 Å². The van der Waals surface area contributed by atoms with Crippen molar-refractivity contribution in [2.24, 2.45) is 22.9 Å². The number of amides is 13. The first-order valence-electron chi connectivity index (χ1n) is 32.2. The molecule has 0 radical (unpaired) electrons. The van der Waals surface area contributed by atoms with Gasteiger partial charge >= 0.3 is 11.9 Å². The number of phenolic OH excluding ortho intramolecular Hbond substituents is 2. The van der Waals surface area contributed by atoms with Crippen LogP contribution in [0.4, 0.5) is 0 Å². The molecule has 44 heteroatoms. The molecule has 576 valence electrons. The standard InChI is InChI=1S/C61H90N22O22/c1-28(74-57(103)42(25-84)81-50(96)35(62)19-32-22-68-27-73-32)49(95)78-39(18-31-9-13-34(88)14-10-31)54(100)82-43(26-85)58(104)80-41(21-47(93)94)56(102)83-48(29(2)86)59(105)77-37(6-4-16-70-61(66)67)53(99)76-36(5-3-15-69-60(64)65)51(97)72-24-45(90)75-40(20-46(91)92)55(101)79-38(52(98)71-23-44(63)89)17-30-7-11-33(87)12-8-30/h7-14,22,27-29,35-43,48,84-88H,3-6,15-21,23-26,62H2,1-2H3,(H2,63,89)(H,68,73)(H,71,98)(H,72,97)(H,74,103)(H,75,90)(H,76,99)(H,77,105)(H,78,95)(H,79,101)(H,80,104)(H,81,96)(H,82,100)(H,83,102)(H,91,92)(H,93,94)(H4,64,65,69)(H4,66,67,70)/t28-,29+,35-,36-,37-,38-,39-,40-,41-,42-,43-,48-/m0/s1. The van der Waals surface area contributed by atoms with Gasteiger partial charge in [0.25, 0.3) is 0 Å². The normalized spacial score (nSPS) is 14.3. The first-order valence-corrected chi connectivity index (χ1v) is 32.2. The second-order valence-corrected chi connectivity index (χ2v) is 23.5. The molecule has 0 aliphatic heterocycles. The third-order valence-electron chi connectivity index (χ3n) is 14.9. The van der Waals surface area contributed by atoms with E-state index in [0.29, 0.717) is 11.3 Å². The van der Waals surface area contributed by atoms with Gasteiger partial charge in [-0.2, -0.15) is 0 Å². The molecule has 1 heterocycles. The molecule has 0 aliphatic carbocycles. The van der Waals surface area contributed by atoms with Crippen molar-refractivity contribution in [3.8, 4) is 11.5 Å². The summed E-state index contributed by atoms with van der Waals surface area (Å²) in [6.07, 6.45) is -3.05. The van der Waals surface area contributed by atoms with Crippen molar-refractivity contribution in [3.63, 3.8) is 0 Å². The summed E-state index contributed by atoms with van der Waals surface area (Å²) in [6, 6.07) is -8.85. The Morgan fingerprint density at radius 3 is 1.33 bits per heavy atom. The number of phenols is 2. The van der Waals surface area contributed by atoms with Crippen LogP contribution in [0.15, 0.2) is 61.1 Å². The molecule has 13 amide bonds. The lowest BCUT2D eigenvalue weighted by Crippen LogP contribution is -2.62. The van der Waals surface area contributed by atoms with Crippen molar-refractivity contribution in [3.05, 3.63) is 77.9 Å². The summed E-state index contributed by atoms with van der Waals surface area (Å²) in [4.78, 5) is 206. The first kappa shape index (κ1) is 86.9. The predicted molar refractivity (Wildman–Crippen MR) is 363 cm³/mol. The van der Waals surface area contributed by atoms with Gasteiger partial charge in [-0.1, -0.05) is 24.3 Å². The number of nitrogens with one attached hydrogen (secondary N) is 17. The number of H-pyrrole nitrogens is 1. The highest BCUT2D eigenvalue weighted by Crippen LogP contribution is 2.15. The summed E-state index contributed by atoms with van der Waals surface area (Å²) in [7, 11) is 0. The van der Waals surface area contributed by atoms with Crippen molar-refractivity contribution < 1.29 is 108 Å². The van der Waals surface area contributed by atoms with Crippen molar-refractivity contribution >= 4 is 101 Å². The largest absolute Gasteiger partial charge is 0.508 e. The molecule has 0 fully saturated rings. The summed E-state index contributed by atoms with van der Waals surface area (Å²) in [5.74, 6) is -19.9. The number of imidazole rings is 1. The number of carbonyl (C=O) groups excluding carboxylic acids is 13. The quantitative estimate of drug-likeness (QED) is 0.0142. The number of aliphatic hydroxyl groups excluding tert-OH is 3. The van der Waals surface area contributed by atoms with Crippen LogP contribution in [0.1, 0.15) is 69.2 Å². The van der Waals surface area contributed by atoms with Crippen LogP contribution in [0, 0.1) is 10.8 Å². The fourth-order valence-electron chi connectivity index (χ4n) is 9.42. The van der Waals surface area contributed by atoms with E-state index in [1.54, 1.807) is 0 Å². The molecule has 2 aromatic carbocycles. The maximum atomic E-state index is 14.3. The van der Waals surface area contributed by atoms with Gasteiger partial charge in [-0.05, 0) is 74.9 Å². The van der Waals surface area contributed by atoms with Gasteiger partial charge in [-0.3, -0.25) is 82.7 Å². The second kappa shape index (κ2) is 44.1. The van der Waals surface area contributed by atoms with E-state index in [2.05, 4.69) is 79.1 Å². The van der Waals surface area contributed by atoms with Crippen molar-refractivity contribution in [2.45, 2.75) is 144 Å². The Bertz CT molecular complexity index is 3530. The number of hydrogen-bond donors (Lipinski definition) is 28. The molecule has 0 saturated heterocycles. The number of carbonyl (C=O) groups is 15. The van der Waals surface area contributed by atoms with Crippen LogP contribution in [-0.2, 0) is 91.2 Å². The summed E-state index contributed by atoms with van der Waals surface area (Å²) in [5, 5.41) is 117. The Hall–Kier alpha value is -12.3. The highest BCUT2D eigenvalue weighted by molar-refractivity contribution is 6.00. The highest BCUT2D eigenvalue weighted by atomic mass is 16.4. The molecule has 44 nitrogen and oxygen atoms in total. The number of benzene rings is 2. The summed E-state index contributed by atoms with van der Waals surface area (Å²) in [6.45, 7) is -1.98. The SMILES string of the molecule is C[C@H](NC(=O)[C@H](CO)NC(=O)[C@@H](N)Cc1c[nH]cn1)C(=O)N[C@@H](Cc1ccc(O)cc1)C(=O)N[C@@H](CO)C(=O)N[C@@H](CC(=O)O)C(=O)N[C@H](C(=O)N[C@@H](CCCNC(=N)N)C(=O)N[C@@H](CCCNC(=N)N)C(=O)NCC(=O)N[C@@H](CC(=O)O)C(=O)N[C@@H](Cc1ccc(O)cc1)C(=O)NCC(N)=O)[C@@H](C)O. The molecular formula is C61H90N22O22. The van der Waals surface area contributed by atoms with E-state index in [4.69, 9.17) is 33.8 Å². The van der Waals surface area contributed by atoms with Crippen molar-refractivity contribution in [1.29, 1.82) is 10.8 Å². The van der Waals surface area contributed by atoms with Crippen molar-refractivity contribution in [1.82, 2.24) is 84.4 Å². The maximum absolute atomic E-state index is 14.3. The summed E-state index contributed by atoms with van der Waals surface area (Å²) in [5.41, 5.74) is 23.0. The zero-order valence-corrected chi connectivity index (χ0v) is 56.8. The van der Waals surface area contributed by atoms with Crippen LogP contribution in [0.3, 0.4) is 0 Å². The summed E-state index contributed by atoms with van der Waals surface area (Å²) >= 11 is 0. The molecule has 12 atom stereocenters. The van der Waals surface area contributed by atoms with Gasteiger partial charge in [0.05, 0.1) is 63.3 Å². The number of nitrogens with zero attached hydrogens (tertiary/aromatic N) is 1. The third kappa shape index (κ3) is 32.5. The van der Waals surface area contributed by atoms with Gasteiger partial charge in [0.2, 0.25) is 76.8 Å². The number of carboxylic acid groups (broad SMARTS) is 2. The molecular weight excluding hydrogens is 1390 g/mol. The van der Waals surface area contributed by atoms with Gasteiger partial charge < -0.3 is 138 Å². The number of aliphatic carboxylic acids is 2. The van der Waals surface area contributed by atoms with Crippen LogP contribution >= 0.6 is 0 Å². The number of nitrogens with two attached hydrogens (primary N) is 4. The van der Waals surface area contributed by atoms with Crippen LogP contribution in [0.25, 0.3) is 0 Å². The molecule has 32 N–H and O–H groups in total. The second-order valence-electron chi connectivity index (χ2n) is 23.5. The lowest BCUT2D eigenvalue weighted by molar-refractivity contribution is -0.142. The number of aliphatic hydroxyl groups is 3. The summed E-state index contributed by atoms with van der Waals surface area (Å²) < 4.78 is 0. The molecule has 3 aromatic rings. The molecule has 0 saturated carbocycles. The number of primary amides is 1. The van der Waals surface area contributed by atoms with E-state index in [0.717, 1.165) is 13.8 Å². The third-order valence-corrected chi connectivity index (χ3v) is 14.9. The number of carboxylic acids is 2. The molecule has 3 rings (SSSR count). The highest BCUT2D eigenvalue weighted by Gasteiger charge is 2.37. The smallest absolute Gasteiger partial charge is 0.305 e. The van der Waals surface area contributed by atoms with Gasteiger partial charge in [-0.15, -0.1) is 0 Å². The monoisotopic (exact) mass is 1480 g/mol. The molecule has 0 bridgehead atoms. The lowest BCUT2D eigenvalue weighted by atomic mass is 10.0. The number of aromatic hydroxyl groups is 2. The minimum Gasteiger partial charge on any atom is -0.508 e. The Morgan fingerprint density at radius 2 is 0.857 bits per heavy atom. The molecule has 0 unspecified atom stereocenters. The average molecular weight is 1480 g/mol. The maximum Gasteiger partial charge on any atom is 0.305 e. The number of aromatic amines is 1. The zero-order chi connectivity index (χ0) is 78.6. The number of guanidine groups is 2. The van der Waals surface area contributed by atoms with E-state index in [1.165, 1.54) is 61.1 Å².